The van der Waals surface area contributed by atoms with Crippen LogP contribution in [0.5, 0.6) is 0 Å². The number of carbonyl (C=O) groups is 1. The highest BCUT2D eigenvalue weighted by Crippen LogP contribution is 2.26. The molecule has 0 atom stereocenters. The molecule has 0 aliphatic heterocycles. The second-order valence-corrected chi connectivity index (χ2v) is 6.48. The van der Waals surface area contributed by atoms with E-state index in [2.05, 4.69) is 17.2 Å². The Balaban J connectivity index is 1.67. The molecular formula is C19H18N2OS. The van der Waals surface area contributed by atoms with Gasteiger partial charge in [-0.15, -0.1) is 11.8 Å². The SMILES string of the molecule is Cc1ccc(NC(=O)CSc2cccc3cccnc23)cc1C. The van der Waals surface area contributed by atoms with Crippen molar-refractivity contribution in [2.24, 2.45) is 0 Å². The van der Waals surface area contributed by atoms with Gasteiger partial charge in [-0.2, -0.15) is 0 Å². The summed E-state index contributed by atoms with van der Waals surface area (Å²) in [5, 5.41) is 4.04. The van der Waals surface area contributed by atoms with Gasteiger partial charge < -0.3 is 5.32 Å². The van der Waals surface area contributed by atoms with Crippen molar-refractivity contribution in [2.45, 2.75) is 18.7 Å². The number of anilines is 1. The van der Waals surface area contributed by atoms with Gasteiger partial charge in [0.25, 0.3) is 0 Å². The number of amides is 1. The van der Waals surface area contributed by atoms with Gasteiger partial charge in [-0.25, -0.2) is 0 Å². The molecular weight excluding hydrogens is 304 g/mol. The molecule has 23 heavy (non-hydrogen) atoms. The van der Waals surface area contributed by atoms with E-state index in [1.54, 1.807) is 6.20 Å². The van der Waals surface area contributed by atoms with Crippen LogP contribution in [-0.4, -0.2) is 16.6 Å². The van der Waals surface area contributed by atoms with Gasteiger partial charge >= 0.3 is 0 Å². The Kier molecular flexibility index (Phi) is 4.63. The number of hydrogen-bond acceptors (Lipinski definition) is 3. The maximum Gasteiger partial charge on any atom is 0.234 e. The number of aromatic nitrogens is 1. The summed E-state index contributed by atoms with van der Waals surface area (Å²) in [6.45, 7) is 4.10. The first kappa shape index (κ1) is 15.6. The average Bonchev–Trinajstić information content (AvgIpc) is 2.56. The Bertz CT molecular complexity index is 856. The molecule has 0 unspecified atom stereocenters. The molecule has 0 saturated heterocycles. The first-order valence-corrected chi connectivity index (χ1v) is 8.46. The van der Waals surface area contributed by atoms with E-state index in [1.165, 1.54) is 22.9 Å². The molecule has 3 nitrogen and oxygen atoms in total. The van der Waals surface area contributed by atoms with Crippen LogP contribution in [0.15, 0.2) is 59.6 Å². The van der Waals surface area contributed by atoms with Crippen molar-refractivity contribution in [2.75, 3.05) is 11.1 Å². The monoisotopic (exact) mass is 322 g/mol. The van der Waals surface area contributed by atoms with Gasteiger partial charge in [-0.3, -0.25) is 9.78 Å². The lowest BCUT2D eigenvalue weighted by molar-refractivity contribution is -0.113. The lowest BCUT2D eigenvalue weighted by atomic mass is 10.1. The van der Waals surface area contributed by atoms with E-state index in [-0.39, 0.29) is 5.91 Å². The Labute approximate surface area is 140 Å². The Morgan fingerprint density at radius 2 is 1.91 bits per heavy atom. The second kappa shape index (κ2) is 6.84. The molecule has 1 aromatic heterocycles. The van der Waals surface area contributed by atoms with Crippen LogP contribution in [0, 0.1) is 13.8 Å². The van der Waals surface area contributed by atoms with Crippen molar-refractivity contribution in [3.8, 4) is 0 Å². The molecule has 1 heterocycles. The van der Waals surface area contributed by atoms with Crippen molar-refractivity contribution in [3.05, 3.63) is 65.9 Å². The van der Waals surface area contributed by atoms with E-state index in [9.17, 15) is 4.79 Å². The molecule has 0 aliphatic rings. The zero-order chi connectivity index (χ0) is 16.2. The molecule has 0 aliphatic carbocycles. The Morgan fingerprint density at radius 3 is 2.74 bits per heavy atom. The summed E-state index contributed by atoms with van der Waals surface area (Å²) >= 11 is 1.51. The Hall–Kier alpha value is -2.33. The lowest BCUT2D eigenvalue weighted by Crippen LogP contribution is -2.14. The minimum atomic E-state index is -0.00816. The number of aryl methyl sites for hydroxylation is 2. The van der Waals surface area contributed by atoms with Gasteiger partial charge in [-0.1, -0.05) is 24.3 Å². The van der Waals surface area contributed by atoms with E-state index in [0.29, 0.717) is 5.75 Å². The topological polar surface area (TPSA) is 42.0 Å². The van der Waals surface area contributed by atoms with Gasteiger partial charge in [0.1, 0.15) is 0 Å². The standard InChI is InChI=1S/C19H18N2OS/c1-13-8-9-16(11-14(13)2)21-18(22)12-23-17-7-3-5-15-6-4-10-20-19(15)17/h3-11H,12H2,1-2H3,(H,21,22). The zero-order valence-corrected chi connectivity index (χ0v) is 14.0. The first-order valence-electron chi connectivity index (χ1n) is 7.47. The summed E-state index contributed by atoms with van der Waals surface area (Å²) < 4.78 is 0. The summed E-state index contributed by atoms with van der Waals surface area (Å²) in [7, 11) is 0. The number of thioether (sulfide) groups is 1. The van der Waals surface area contributed by atoms with Crippen LogP contribution in [0.3, 0.4) is 0 Å². The highest BCUT2D eigenvalue weighted by atomic mass is 32.2. The average molecular weight is 322 g/mol. The normalized spacial score (nSPS) is 10.7. The third-order valence-corrected chi connectivity index (χ3v) is 4.79. The van der Waals surface area contributed by atoms with E-state index < -0.39 is 0 Å². The van der Waals surface area contributed by atoms with E-state index >= 15 is 0 Å². The second-order valence-electron chi connectivity index (χ2n) is 5.47. The smallest absolute Gasteiger partial charge is 0.234 e. The quantitative estimate of drug-likeness (QED) is 0.715. The molecule has 116 valence electrons. The molecule has 0 bridgehead atoms. The summed E-state index contributed by atoms with van der Waals surface area (Å²) in [6.07, 6.45) is 1.78. The van der Waals surface area contributed by atoms with E-state index in [1.807, 2.05) is 55.5 Å². The van der Waals surface area contributed by atoms with Gasteiger partial charge in [0.15, 0.2) is 0 Å². The molecule has 0 fully saturated rings. The highest BCUT2D eigenvalue weighted by molar-refractivity contribution is 8.00. The van der Waals surface area contributed by atoms with Crippen LogP contribution >= 0.6 is 11.8 Å². The molecule has 2 aromatic carbocycles. The van der Waals surface area contributed by atoms with E-state index in [0.717, 1.165) is 21.5 Å². The van der Waals surface area contributed by atoms with Crippen molar-refractivity contribution in [1.29, 1.82) is 0 Å². The number of fused-ring (bicyclic) bond motifs is 1. The third kappa shape index (κ3) is 3.71. The fourth-order valence-electron chi connectivity index (χ4n) is 2.35. The van der Waals surface area contributed by atoms with Gasteiger partial charge in [-0.05, 0) is 49.2 Å². The van der Waals surface area contributed by atoms with Crippen molar-refractivity contribution in [1.82, 2.24) is 4.98 Å². The molecule has 0 spiro atoms. The summed E-state index contributed by atoms with van der Waals surface area (Å²) in [5.74, 6) is 0.356. The molecule has 0 radical (unpaired) electrons. The summed E-state index contributed by atoms with van der Waals surface area (Å²) in [4.78, 5) is 17.6. The van der Waals surface area contributed by atoms with Crippen LogP contribution in [0.25, 0.3) is 10.9 Å². The van der Waals surface area contributed by atoms with Crippen molar-refractivity contribution < 1.29 is 4.79 Å². The number of rotatable bonds is 4. The van der Waals surface area contributed by atoms with Gasteiger partial charge in [0.2, 0.25) is 5.91 Å². The molecule has 1 amide bonds. The maximum atomic E-state index is 12.2. The third-order valence-electron chi connectivity index (χ3n) is 3.75. The van der Waals surface area contributed by atoms with E-state index in [4.69, 9.17) is 0 Å². The van der Waals surface area contributed by atoms with Gasteiger partial charge in [0, 0.05) is 22.2 Å². The molecule has 0 saturated carbocycles. The summed E-state index contributed by atoms with van der Waals surface area (Å²) in [5.41, 5.74) is 4.18. The van der Waals surface area contributed by atoms with Crippen LogP contribution in [-0.2, 0) is 4.79 Å². The maximum absolute atomic E-state index is 12.2. The van der Waals surface area contributed by atoms with Crippen LogP contribution in [0.4, 0.5) is 5.69 Å². The number of benzene rings is 2. The molecule has 4 heteroatoms. The number of nitrogens with zero attached hydrogens (tertiary/aromatic N) is 1. The largest absolute Gasteiger partial charge is 0.325 e. The minimum Gasteiger partial charge on any atom is -0.325 e. The summed E-state index contributed by atoms with van der Waals surface area (Å²) in [6, 6.07) is 15.9. The fourth-order valence-corrected chi connectivity index (χ4v) is 3.19. The predicted octanol–water partition coefficient (Wildman–Crippen LogP) is 4.58. The first-order chi connectivity index (χ1) is 11.1. The lowest BCUT2D eigenvalue weighted by Gasteiger charge is -2.08. The molecule has 3 aromatic rings. The van der Waals surface area contributed by atoms with Crippen LogP contribution in [0.2, 0.25) is 0 Å². The fraction of sp³-hybridized carbons (Fsp3) is 0.158. The number of nitrogens with one attached hydrogen (secondary N) is 1. The zero-order valence-electron chi connectivity index (χ0n) is 13.2. The van der Waals surface area contributed by atoms with Crippen LogP contribution < -0.4 is 5.32 Å². The van der Waals surface area contributed by atoms with Gasteiger partial charge in [0.05, 0.1) is 11.3 Å². The van der Waals surface area contributed by atoms with Crippen molar-refractivity contribution in [3.63, 3.8) is 0 Å². The molecule has 1 N–H and O–H groups in total. The number of carbonyl (C=O) groups excluding carboxylic acids is 1. The van der Waals surface area contributed by atoms with Crippen molar-refractivity contribution >= 4 is 34.3 Å². The number of hydrogen-bond donors (Lipinski definition) is 1. The Morgan fingerprint density at radius 1 is 1.09 bits per heavy atom. The highest BCUT2D eigenvalue weighted by Gasteiger charge is 2.07. The number of para-hydroxylation sites is 1. The predicted molar refractivity (Wildman–Crippen MR) is 97.0 cm³/mol. The van der Waals surface area contributed by atoms with Crippen LogP contribution in [0.1, 0.15) is 11.1 Å². The minimum absolute atomic E-state index is 0.00816. The number of pyridine rings is 1. The molecule has 3 rings (SSSR count).